The van der Waals surface area contributed by atoms with Gasteiger partial charge in [-0.3, -0.25) is 4.79 Å². The van der Waals surface area contributed by atoms with Crippen LogP contribution < -0.4 is 10.2 Å². The van der Waals surface area contributed by atoms with Crippen LogP contribution in [0.3, 0.4) is 0 Å². The molecule has 0 aliphatic carbocycles. The first-order chi connectivity index (χ1) is 11.9. The van der Waals surface area contributed by atoms with Crippen molar-refractivity contribution >= 4 is 11.6 Å². The molecule has 0 saturated carbocycles. The van der Waals surface area contributed by atoms with Crippen LogP contribution in [0.15, 0.2) is 18.2 Å². The molecule has 1 aromatic carbocycles. The van der Waals surface area contributed by atoms with E-state index in [1.807, 2.05) is 26.1 Å². The summed E-state index contributed by atoms with van der Waals surface area (Å²) in [6, 6.07) is 6.39. The van der Waals surface area contributed by atoms with E-state index in [-0.39, 0.29) is 12.0 Å². The lowest BCUT2D eigenvalue weighted by molar-refractivity contribution is 0.0816. The summed E-state index contributed by atoms with van der Waals surface area (Å²) >= 11 is 0. The van der Waals surface area contributed by atoms with Crippen LogP contribution in [0, 0.1) is 6.92 Å². The van der Waals surface area contributed by atoms with Gasteiger partial charge in [0.2, 0.25) is 0 Å². The Morgan fingerprint density at radius 1 is 1.36 bits per heavy atom. The highest BCUT2D eigenvalue weighted by Gasteiger charge is 2.18. The molecule has 1 amide bonds. The predicted octanol–water partition coefficient (Wildman–Crippen LogP) is 2.42. The molecule has 0 radical (unpaired) electrons. The van der Waals surface area contributed by atoms with E-state index in [0.29, 0.717) is 12.6 Å². The molecule has 0 atom stereocenters. The lowest BCUT2D eigenvalue weighted by Crippen LogP contribution is -2.37. The first kappa shape index (κ1) is 19.7. The molecule has 1 aromatic rings. The summed E-state index contributed by atoms with van der Waals surface area (Å²) in [7, 11) is 2.02. The van der Waals surface area contributed by atoms with E-state index in [1.165, 1.54) is 0 Å². The molecule has 0 unspecified atom stereocenters. The molecule has 0 bridgehead atoms. The van der Waals surface area contributed by atoms with Crippen LogP contribution in [0.5, 0.6) is 0 Å². The van der Waals surface area contributed by atoms with Crippen LogP contribution >= 0.6 is 0 Å². The van der Waals surface area contributed by atoms with Crippen molar-refractivity contribution in [3.63, 3.8) is 0 Å². The summed E-state index contributed by atoms with van der Waals surface area (Å²) in [5.41, 5.74) is 2.82. The number of benzene rings is 1. The fourth-order valence-electron chi connectivity index (χ4n) is 3.16. The van der Waals surface area contributed by atoms with E-state index in [1.54, 1.807) is 0 Å². The van der Waals surface area contributed by atoms with Gasteiger partial charge in [0.05, 0.1) is 11.7 Å². The smallest absolute Gasteiger partial charge is 0.253 e. The van der Waals surface area contributed by atoms with Crippen molar-refractivity contribution in [3.8, 4) is 0 Å². The molecule has 1 saturated heterocycles. The second-order valence-corrected chi connectivity index (χ2v) is 7.41. The lowest BCUT2D eigenvalue weighted by Gasteiger charge is -2.29. The predicted molar refractivity (Wildman–Crippen MR) is 103 cm³/mol. The Labute approximate surface area is 152 Å². The molecule has 1 heterocycles. The third-order valence-corrected chi connectivity index (χ3v) is 5.05. The van der Waals surface area contributed by atoms with Crippen LogP contribution in [0.2, 0.25) is 0 Å². The Kier molecular flexibility index (Phi) is 7.26. The number of carbonyl (C=O) groups is 1. The van der Waals surface area contributed by atoms with Crippen molar-refractivity contribution in [1.29, 1.82) is 0 Å². The second kappa shape index (κ2) is 9.20. The Morgan fingerprint density at radius 3 is 2.68 bits per heavy atom. The number of carbonyl (C=O) groups excluding carboxylic acids is 1. The topological polar surface area (TPSA) is 55.8 Å². The summed E-state index contributed by atoms with van der Waals surface area (Å²) in [5, 5.41) is 12.6. The number of nitrogens with zero attached hydrogens (tertiary/aromatic N) is 2. The number of aliphatic hydroxyl groups is 1. The second-order valence-electron chi connectivity index (χ2n) is 7.41. The molecule has 1 aliphatic rings. The average molecular weight is 348 g/mol. The maximum atomic E-state index is 12.7. The summed E-state index contributed by atoms with van der Waals surface area (Å²) in [6.45, 7) is 9.82. The molecule has 25 heavy (non-hydrogen) atoms. The van der Waals surface area contributed by atoms with Crippen molar-refractivity contribution < 1.29 is 9.90 Å². The molecule has 0 spiro atoms. The number of aryl methyl sites for hydroxylation is 1. The SMILES string of the molecule is Cc1ccc(N(C)C(C)C)c(C(=O)NCCCN2CCC(O)CC2)c1. The molecule has 0 aromatic heterocycles. The highest BCUT2D eigenvalue weighted by molar-refractivity contribution is 6.00. The minimum Gasteiger partial charge on any atom is -0.393 e. The first-order valence-electron chi connectivity index (χ1n) is 9.40. The van der Waals surface area contributed by atoms with Crippen LogP contribution in [0.4, 0.5) is 5.69 Å². The van der Waals surface area contributed by atoms with Crippen LogP contribution in [0.1, 0.15) is 49.0 Å². The van der Waals surface area contributed by atoms with E-state index in [2.05, 4.69) is 35.0 Å². The third-order valence-electron chi connectivity index (χ3n) is 5.05. The van der Waals surface area contributed by atoms with E-state index in [0.717, 1.165) is 55.7 Å². The number of likely N-dealkylation sites (tertiary alicyclic amines) is 1. The zero-order chi connectivity index (χ0) is 18.4. The third kappa shape index (κ3) is 5.72. The van der Waals surface area contributed by atoms with E-state index in [9.17, 15) is 9.90 Å². The summed E-state index contributed by atoms with van der Waals surface area (Å²) in [6.07, 6.45) is 2.53. The van der Waals surface area contributed by atoms with Crippen molar-refractivity contribution in [2.75, 3.05) is 38.1 Å². The minimum atomic E-state index is -0.131. The molecule has 2 N–H and O–H groups in total. The van der Waals surface area contributed by atoms with Gasteiger partial charge in [-0.15, -0.1) is 0 Å². The van der Waals surface area contributed by atoms with Gasteiger partial charge >= 0.3 is 0 Å². The quantitative estimate of drug-likeness (QED) is 0.744. The average Bonchev–Trinajstić information content (AvgIpc) is 2.59. The largest absolute Gasteiger partial charge is 0.393 e. The van der Waals surface area contributed by atoms with Gasteiger partial charge in [-0.2, -0.15) is 0 Å². The first-order valence-corrected chi connectivity index (χ1v) is 9.40. The Bertz CT molecular complexity index is 566. The van der Waals surface area contributed by atoms with Gasteiger partial charge in [0.1, 0.15) is 0 Å². The van der Waals surface area contributed by atoms with Gasteiger partial charge in [0.25, 0.3) is 5.91 Å². The lowest BCUT2D eigenvalue weighted by atomic mass is 10.1. The van der Waals surface area contributed by atoms with Gasteiger partial charge in [-0.05, 0) is 58.7 Å². The van der Waals surface area contributed by atoms with Crippen molar-refractivity contribution in [2.45, 2.75) is 52.2 Å². The number of nitrogens with one attached hydrogen (secondary N) is 1. The van der Waals surface area contributed by atoms with Crippen LogP contribution in [0.25, 0.3) is 0 Å². The van der Waals surface area contributed by atoms with Crippen LogP contribution in [-0.2, 0) is 0 Å². The Hall–Kier alpha value is -1.59. The number of aliphatic hydroxyl groups excluding tert-OH is 1. The normalized spacial score (nSPS) is 16.2. The molecule has 1 aliphatic heterocycles. The monoisotopic (exact) mass is 347 g/mol. The maximum absolute atomic E-state index is 12.7. The standard InChI is InChI=1S/C20H33N3O2/c1-15(2)22(4)19-7-6-16(3)14-18(19)20(25)21-10-5-11-23-12-8-17(24)9-13-23/h6-7,14-15,17,24H,5,8-13H2,1-4H3,(H,21,25). The molecule has 5 heteroatoms. The Morgan fingerprint density at radius 2 is 2.04 bits per heavy atom. The zero-order valence-electron chi connectivity index (χ0n) is 16.1. The number of rotatable bonds is 7. The maximum Gasteiger partial charge on any atom is 0.253 e. The molecular formula is C20H33N3O2. The minimum absolute atomic E-state index is 0.000247. The number of amides is 1. The highest BCUT2D eigenvalue weighted by atomic mass is 16.3. The fraction of sp³-hybridized carbons (Fsp3) is 0.650. The Balaban J connectivity index is 1.87. The van der Waals surface area contributed by atoms with Gasteiger partial charge in [-0.1, -0.05) is 11.6 Å². The summed E-state index contributed by atoms with van der Waals surface area (Å²) < 4.78 is 0. The van der Waals surface area contributed by atoms with Gasteiger partial charge in [0.15, 0.2) is 0 Å². The van der Waals surface area contributed by atoms with Gasteiger partial charge < -0.3 is 20.2 Å². The van der Waals surface area contributed by atoms with Crippen LogP contribution in [-0.4, -0.2) is 61.3 Å². The molecule has 140 valence electrons. The number of piperidine rings is 1. The van der Waals surface area contributed by atoms with E-state index in [4.69, 9.17) is 0 Å². The number of hydrogen-bond acceptors (Lipinski definition) is 4. The van der Waals surface area contributed by atoms with Crippen molar-refractivity contribution in [3.05, 3.63) is 29.3 Å². The molecule has 5 nitrogen and oxygen atoms in total. The van der Waals surface area contributed by atoms with Gasteiger partial charge in [-0.25, -0.2) is 0 Å². The molecule has 1 fully saturated rings. The summed E-state index contributed by atoms with van der Waals surface area (Å²) in [5.74, 6) is 0.000247. The molecular weight excluding hydrogens is 314 g/mol. The van der Waals surface area contributed by atoms with Crippen molar-refractivity contribution in [1.82, 2.24) is 10.2 Å². The van der Waals surface area contributed by atoms with E-state index < -0.39 is 0 Å². The van der Waals surface area contributed by atoms with Gasteiger partial charge in [0, 0.05) is 38.4 Å². The molecule has 2 rings (SSSR count). The van der Waals surface area contributed by atoms with Crippen molar-refractivity contribution in [2.24, 2.45) is 0 Å². The summed E-state index contributed by atoms with van der Waals surface area (Å²) in [4.78, 5) is 17.2. The fourth-order valence-corrected chi connectivity index (χ4v) is 3.16. The zero-order valence-corrected chi connectivity index (χ0v) is 16.1. The van der Waals surface area contributed by atoms with E-state index >= 15 is 0 Å². The number of anilines is 1. The highest BCUT2D eigenvalue weighted by Crippen LogP contribution is 2.22. The number of hydrogen-bond donors (Lipinski definition) is 2.